The Bertz CT molecular complexity index is 605. The molecule has 128 valence electrons. The quantitative estimate of drug-likeness (QED) is 0.418. The largest absolute Gasteiger partial charge is 0.377 e. The molecule has 2 N–H and O–H groups in total. The Morgan fingerprint density at radius 2 is 2.13 bits per heavy atom. The first kappa shape index (κ1) is 19.7. The zero-order chi connectivity index (χ0) is 16.0. The van der Waals surface area contributed by atoms with E-state index in [1.807, 2.05) is 42.6 Å². The van der Waals surface area contributed by atoms with E-state index in [9.17, 15) is 0 Å². The fourth-order valence-corrected chi connectivity index (χ4v) is 2.01. The van der Waals surface area contributed by atoms with Crippen LogP contribution < -0.4 is 10.6 Å². The molecule has 0 bridgehead atoms. The number of pyridine rings is 1. The van der Waals surface area contributed by atoms with Crippen molar-refractivity contribution in [3.8, 4) is 0 Å². The number of aliphatic imine (C=N–C) groups is 1. The normalized spacial score (nSPS) is 12.1. The third-order valence-electron chi connectivity index (χ3n) is 3.55. The van der Waals surface area contributed by atoms with Gasteiger partial charge in [0.05, 0.1) is 11.3 Å². The third kappa shape index (κ3) is 5.98. The number of methoxy groups -OCH3 is 1. The molecule has 0 amide bonds. The van der Waals surface area contributed by atoms with E-state index in [0.717, 1.165) is 30.3 Å². The summed E-state index contributed by atoms with van der Waals surface area (Å²) in [6.07, 6.45) is 4.91. The number of guanidine groups is 1. The van der Waals surface area contributed by atoms with Crippen molar-refractivity contribution in [1.29, 1.82) is 0 Å². The average molecular weight is 431 g/mol. The minimum absolute atomic E-state index is 0. The van der Waals surface area contributed by atoms with Crippen LogP contribution in [0.2, 0.25) is 0 Å². The van der Waals surface area contributed by atoms with Crippen LogP contribution in [-0.2, 0) is 11.2 Å². The van der Waals surface area contributed by atoms with Crippen molar-refractivity contribution in [3.05, 3.63) is 36.3 Å². The summed E-state index contributed by atoms with van der Waals surface area (Å²) in [7, 11) is 3.47. The predicted molar refractivity (Wildman–Crippen MR) is 105 cm³/mol. The van der Waals surface area contributed by atoms with Crippen LogP contribution in [0.5, 0.6) is 0 Å². The van der Waals surface area contributed by atoms with Crippen LogP contribution in [0, 0.1) is 0 Å². The first-order valence-electron chi connectivity index (χ1n) is 7.46. The summed E-state index contributed by atoms with van der Waals surface area (Å²) in [4.78, 5) is 8.79. The lowest BCUT2D eigenvalue weighted by molar-refractivity contribution is 0.0268. The number of fused-ring (bicyclic) bond motifs is 1. The van der Waals surface area contributed by atoms with Crippen molar-refractivity contribution in [3.63, 3.8) is 0 Å². The number of hydrogen-bond acceptors (Lipinski definition) is 3. The Morgan fingerprint density at radius 3 is 2.78 bits per heavy atom. The standard InChI is InChI=1S/C16H25N5O.HI/c1-16(2,22-4)12-19-15(17-3)18-9-8-13-11-21-10-6-5-7-14(21)20-13;/h5-7,10-11H,8-9,12H2,1-4H3,(H2,17,18,19);1H. The molecule has 0 saturated carbocycles. The summed E-state index contributed by atoms with van der Waals surface area (Å²) in [5.41, 5.74) is 1.81. The molecule has 6 nitrogen and oxygen atoms in total. The smallest absolute Gasteiger partial charge is 0.191 e. The van der Waals surface area contributed by atoms with E-state index in [2.05, 4.69) is 26.8 Å². The van der Waals surface area contributed by atoms with Gasteiger partial charge in [-0.15, -0.1) is 24.0 Å². The van der Waals surface area contributed by atoms with Gasteiger partial charge in [0.25, 0.3) is 0 Å². The zero-order valence-corrected chi connectivity index (χ0v) is 16.5. The van der Waals surface area contributed by atoms with Crippen LogP contribution in [-0.4, -0.2) is 48.2 Å². The molecule has 2 rings (SSSR count). The van der Waals surface area contributed by atoms with E-state index in [4.69, 9.17) is 4.74 Å². The molecule has 0 saturated heterocycles. The van der Waals surface area contributed by atoms with Crippen molar-refractivity contribution in [2.24, 2.45) is 4.99 Å². The lowest BCUT2D eigenvalue weighted by atomic mass is 10.1. The summed E-state index contributed by atoms with van der Waals surface area (Å²) >= 11 is 0. The van der Waals surface area contributed by atoms with Crippen LogP contribution in [0.4, 0.5) is 0 Å². The Hall–Kier alpha value is -1.35. The van der Waals surface area contributed by atoms with E-state index < -0.39 is 0 Å². The highest BCUT2D eigenvalue weighted by atomic mass is 127. The SMILES string of the molecule is CN=C(NCCc1cn2ccccc2n1)NCC(C)(C)OC.I. The Morgan fingerprint density at radius 1 is 1.35 bits per heavy atom. The number of nitrogens with one attached hydrogen (secondary N) is 2. The van der Waals surface area contributed by atoms with Crippen LogP contribution in [0.1, 0.15) is 19.5 Å². The maximum Gasteiger partial charge on any atom is 0.191 e. The highest BCUT2D eigenvalue weighted by Gasteiger charge is 2.16. The highest BCUT2D eigenvalue weighted by molar-refractivity contribution is 14.0. The van der Waals surface area contributed by atoms with Gasteiger partial charge in [0.1, 0.15) is 5.65 Å². The number of ether oxygens (including phenoxy) is 1. The zero-order valence-electron chi connectivity index (χ0n) is 14.2. The maximum absolute atomic E-state index is 5.38. The molecular weight excluding hydrogens is 405 g/mol. The van der Waals surface area contributed by atoms with Crippen molar-refractivity contribution in [1.82, 2.24) is 20.0 Å². The summed E-state index contributed by atoms with van der Waals surface area (Å²) in [5.74, 6) is 0.772. The van der Waals surface area contributed by atoms with Gasteiger partial charge >= 0.3 is 0 Å². The third-order valence-corrected chi connectivity index (χ3v) is 3.55. The van der Waals surface area contributed by atoms with Crippen molar-refractivity contribution >= 4 is 35.6 Å². The molecule has 0 aliphatic rings. The molecule has 0 aliphatic carbocycles. The molecule has 0 radical (unpaired) electrons. The van der Waals surface area contributed by atoms with Gasteiger partial charge < -0.3 is 19.8 Å². The van der Waals surface area contributed by atoms with E-state index in [-0.39, 0.29) is 29.6 Å². The van der Waals surface area contributed by atoms with Gasteiger partial charge in [0.15, 0.2) is 5.96 Å². The molecule has 2 aromatic heterocycles. The van der Waals surface area contributed by atoms with E-state index in [0.29, 0.717) is 6.54 Å². The first-order chi connectivity index (χ1) is 10.5. The van der Waals surface area contributed by atoms with Crippen LogP contribution in [0.15, 0.2) is 35.6 Å². The number of imidazole rings is 1. The van der Waals surface area contributed by atoms with Crippen molar-refractivity contribution < 1.29 is 4.74 Å². The van der Waals surface area contributed by atoms with Gasteiger partial charge in [-0.3, -0.25) is 4.99 Å². The monoisotopic (exact) mass is 431 g/mol. The van der Waals surface area contributed by atoms with Gasteiger partial charge in [-0.25, -0.2) is 4.98 Å². The lowest BCUT2D eigenvalue weighted by Crippen LogP contribution is -2.45. The second-order valence-corrected chi connectivity index (χ2v) is 5.76. The molecule has 2 heterocycles. The average Bonchev–Trinajstić information content (AvgIpc) is 2.93. The predicted octanol–water partition coefficient (Wildman–Crippen LogP) is 2.08. The molecular formula is C16H26IN5O. The Labute approximate surface area is 154 Å². The molecule has 7 heteroatoms. The fraction of sp³-hybridized carbons (Fsp3) is 0.500. The van der Waals surface area contributed by atoms with Gasteiger partial charge in [0.2, 0.25) is 0 Å². The van der Waals surface area contributed by atoms with Gasteiger partial charge in [0, 0.05) is 46.1 Å². The van der Waals surface area contributed by atoms with Gasteiger partial charge in [-0.1, -0.05) is 6.07 Å². The Balaban J connectivity index is 0.00000264. The molecule has 0 fully saturated rings. The number of aromatic nitrogens is 2. The molecule has 23 heavy (non-hydrogen) atoms. The topological polar surface area (TPSA) is 63.0 Å². The maximum atomic E-state index is 5.38. The van der Waals surface area contributed by atoms with E-state index in [1.54, 1.807) is 14.2 Å². The summed E-state index contributed by atoms with van der Waals surface area (Å²) in [6, 6.07) is 6.00. The fourth-order valence-electron chi connectivity index (χ4n) is 2.01. The minimum atomic E-state index is -0.223. The molecule has 2 aromatic rings. The van der Waals surface area contributed by atoms with Crippen LogP contribution in [0.25, 0.3) is 5.65 Å². The number of halogens is 1. The molecule has 0 aromatic carbocycles. The van der Waals surface area contributed by atoms with Gasteiger partial charge in [-0.05, 0) is 26.0 Å². The number of hydrogen-bond donors (Lipinski definition) is 2. The van der Waals surface area contributed by atoms with Crippen molar-refractivity contribution in [2.75, 3.05) is 27.2 Å². The summed E-state index contributed by atoms with van der Waals surface area (Å²) in [6.45, 7) is 5.53. The van der Waals surface area contributed by atoms with Crippen LogP contribution >= 0.6 is 24.0 Å². The molecule has 0 atom stereocenters. The van der Waals surface area contributed by atoms with Gasteiger partial charge in [-0.2, -0.15) is 0 Å². The van der Waals surface area contributed by atoms with E-state index >= 15 is 0 Å². The van der Waals surface area contributed by atoms with E-state index in [1.165, 1.54) is 0 Å². The Kier molecular flexibility index (Phi) is 7.77. The highest BCUT2D eigenvalue weighted by Crippen LogP contribution is 2.05. The minimum Gasteiger partial charge on any atom is -0.377 e. The summed E-state index contributed by atoms with van der Waals surface area (Å²) in [5, 5.41) is 6.55. The van der Waals surface area contributed by atoms with Crippen molar-refractivity contribution in [2.45, 2.75) is 25.9 Å². The second kappa shape index (κ2) is 9.07. The first-order valence-corrected chi connectivity index (χ1v) is 7.46. The number of rotatable bonds is 6. The van der Waals surface area contributed by atoms with Crippen LogP contribution in [0.3, 0.4) is 0 Å². The molecule has 0 spiro atoms. The molecule has 0 unspecified atom stereocenters. The number of nitrogens with zero attached hydrogens (tertiary/aromatic N) is 3. The molecule has 0 aliphatic heterocycles. The summed E-state index contributed by atoms with van der Waals surface area (Å²) < 4.78 is 7.41. The second-order valence-electron chi connectivity index (χ2n) is 5.76. The lowest BCUT2D eigenvalue weighted by Gasteiger charge is -2.24.